The van der Waals surface area contributed by atoms with E-state index in [0.717, 1.165) is 0 Å². The fourth-order valence-electron chi connectivity index (χ4n) is 2.01. The average molecular weight is 247 g/mol. The van der Waals surface area contributed by atoms with E-state index >= 15 is 0 Å². The zero-order valence-corrected chi connectivity index (χ0v) is 12.8. The van der Waals surface area contributed by atoms with E-state index in [9.17, 15) is 0 Å². The van der Waals surface area contributed by atoms with E-state index in [-0.39, 0.29) is 0 Å². The van der Waals surface area contributed by atoms with E-state index in [1.807, 2.05) is 6.08 Å². The van der Waals surface area contributed by atoms with E-state index in [0.29, 0.717) is 11.6 Å². The molecule has 1 nitrogen and oxygen atoms in total. The lowest BCUT2D eigenvalue weighted by Gasteiger charge is -2.39. The normalized spacial score (nSPS) is 12.6. The van der Waals surface area contributed by atoms with Crippen molar-refractivity contribution in [1.82, 2.24) is 0 Å². The van der Waals surface area contributed by atoms with Crippen molar-refractivity contribution < 1.29 is 0 Å². The first-order valence-corrected chi connectivity index (χ1v) is 9.20. The van der Waals surface area contributed by atoms with Gasteiger partial charge in [0.1, 0.15) is 0 Å². The van der Waals surface area contributed by atoms with Crippen LogP contribution in [0, 0.1) is 0 Å². The van der Waals surface area contributed by atoms with Gasteiger partial charge in [0.05, 0.1) is 8.07 Å². The van der Waals surface area contributed by atoms with Crippen molar-refractivity contribution in [3.05, 3.63) is 35.9 Å². The van der Waals surface area contributed by atoms with Crippen LogP contribution in [0.3, 0.4) is 0 Å². The Kier molecular flexibility index (Phi) is 4.00. The summed E-state index contributed by atoms with van der Waals surface area (Å²) in [7, 11) is -1.52. The van der Waals surface area contributed by atoms with Crippen molar-refractivity contribution >= 4 is 19.3 Å². The predicted octanol–water partition coefficient (Wildman–Crippen LogP) is 3.50. The fraction of sp³-hybridized carbons (Fsp3) is 0.467. The summed E-state index contributed by atoms with van der Waals surface area (Å²) < 4.78 is 0. The molecule has 2 heteroatoms. The Morgan fingerprint density at radius 2 is 1.88 bits per heavy atom. The van der Waals surface area contributed by atoms with Crippen LogP contribution in [0.2, 0.25) is 18.1 Å². The summed E-state index contributed by atoms with van der Waals surface area (Å²) in [5.41, 5.74) is 8.42. The number of benzene rings is 1. The van der Waals surface area contributed by atoms with E-state index < -0.39 is 8.07 Å². The average Bonchev–Trinajstić information content (AvgIpc) is 2.26. The minimum Gasteiger partial charge on any atom is -0.326 e. The molecule has 17 heavy (non-hydrogen) atoms. The summed E-state index contributed by atoms with van der Waals surface area (Å²) >= 11 is 0. The molecule has 0 radical (unpaired) electrons. The minimum absolute atomic E-state index is 0.330. The maximum absolute atomic E-state index is 5.94. The van der Waals surface area contributed by atoms with Crippen molar-refractivity contribution in [1.29, 1.82) is 0 Å². The first kappa shape index (κ1) is 14.2. The molecule has 0 aliphatic rings. The van der Waals surface area contributed by atoms with Crippen molar-refractivity contribution in [2.75, 3.05) is 0 Å². The van der Waals surface area contributed by atoms with Crippen LogP contribution < -0.4 is 10.9 Å². The molecule has 0 bridgehead atoms. The van der Waals surface area contributed by atoms with E-state index in [4.69, 9.17) is 5.73 Å². The monoisotopic (exact) mass is 247 g/mol. The molecule has 0 aromatic heterocycles. The van der Waals surface area contributed by atoms with Crippen LogP contribution in [0.25, 0.3) is 6.08 Å². The SMILES string of the molecule is C=Cc1cccc([Si](C)(C)C(C)(C)C)c1CN. The second kappa shape index (κ2) is 4.79. The zero-order chi connectivity index (χ0) is 13.3. The Labute approximate surface area is 107 Å². The number of rotatable bonds is 3. The number of hydrogen-bond donors (Lipinski definition) is 1. The summed E-state index contributed by atoms with van der Waals surface area (Å²) in [6.45, 7) is 16.3. The third-order valence-electron chi connectivity index (χ3n) is 4.18. The van der Waals surface area contributed by atoms with Crippen LogP contribution in [0.1, 0.15) is 31.9 Å². The molecular formula is C15H25NSi. The van der Waals surface area contributed by atoms with Gasteiger partial charge in [-0.3, -0.25) is 0 Å². The Morgan fingerprint density at radius 1 is 1.29 bits per heavy atom. The van der Waals surface area contributed by atoms with Crippen molar-refractivity contribution in [3.8, 4) is 0 Å². The fourth-order valence-corrected chi connectivity index (χ4v) is 4.34. The van der Waals surface area contributed by atoms with Crippen molar-refractivity contribution in [2.45, 2.75) is 45.4 Å². The van der Waals surface area contributed by atoms with Crippen LogP contribution in [-0.4, -0.2) is 8.07 Å². The van der Waals surface area contributed by atoms with Gasteiger partial charge in [-0.15, -0.1) is 0 Å². The van der Waals surface area contributed by atoms with Gasteiger partial charge in [-0.25, -0.2) is 0 Å². The third-order valence-corrected chi connectivity index (χ3v) is 9.75. The lowest BCUT2D eigenvalue weighted by atomic mass is 10.1. The highest BCUT2D eigenvalue weighted by Gasteiger charge is 2.38. The standard InChI is InChI=1S/C15H25NSi/c1-7-12-9-8-10-14(13(12)11-16)17(5,6)15(2,3)4/h7-10H,1,11,16H2,2-6H3. The predicted molar refractivity (Wildman–Crippen MR) is 81.3 cm³/mol. The molecule has 2 N–H and O–H groups in total. The van der Waals surface area contributed by atoms with Gasteiger partial charge < -0.3 is 5.73 Å². The van der Waals surface area contributed by atoms with Gasteiger partial charge >= 0.3 is 0 Å². The van der Waals surface area contributed by atoms with Crippen LogP contribution in [0.15, 0.2) is 24.8 Å². The maximum Gasteiger partial charge on any atom is 0.0863 e. The molecular weight excluding hydrogens is 222 g/mol. The third kappa shape index (κ3) is 2.53. The number of hydrogen-bond acceptors (Lipinski definition) is 1. The van der Waals surface area contributed by atoms with E-state index in [1.165, 1.54) is 16.3 Å². The van der Waals surface area contributed by atoms with Gasteiger partial charge in [-0.1, -0.05) is 69.9 Å². The van der Waals surface area contributed by atoms with Crippen LogP contribution in [0.4, 0.5) is 0 Å². The lowest BCUT2D eigenvalue weighted by Crippen LogP contribution is -2.51. The minimum atomic E-state index is -1.52. The molecule has 94 valence electrons. The molecule has 0 fully saturated rings. The molecule has 1 aromatic carbocycles. The highest BCUT2D eigenvalue weighted by Crippen LogP contribution is 2.36. The van der Waals surface area contributed by atoms with Crippen LogP contribution in [0.5, 0.6) is 0 Å². The molecule has 0 heterocycles. The van der Waals surface area contributed by atoms with Crippen LogP contribution in [-0.2, 0) is 6.54 Å². The van der Waals surface area contributed by atoms with Gasteiger partial charge in [0, 0.05) is 6.54 Å². The molecule has 0 amide bonds. The Hall–Kier alpha value is -0.863. The first-order valence-electron chi connectivity index (χ1n) is 6.20. The molecule has 0 aliphatic carbocycles. The topological polar surface area (TPSA) is 26.0 Å². The Balaban J connectivity index is 3.46. The first-order chi connectivity index (χ1) is 7.75. The van der Waals surface area contributed by atoms with Crippen molar-refractivity contribution in [2.24, 2.45) is 5.73 Å². The summed E-state index contributed by atoms with van der Waals surface area (Å²) in [4.78, 5) is 0. The highest BCUT2D eigenvalue weighted by molar-refractivity contribution is 6.92. The summed E-state index contributed by atoms with van der Waals surface area (Å²) in [6, 6.07) is 6.49. The largest absolute Gasteiger partial charge is 0.326 e. The quantitative estimate of drug-likeness (QED) is 0.813. The molecule has 0 saturated heterocycles. The Bertz CT molecular complexity index is 413. The molecule has 0 unspecified atom stereocenters. The van der Waals surface area contributed by atoms with E-state index in [2.05, 4.69) is 58.6 Å². The van der Waals surface area contributed by atoms with Gasteiger partial charge in [-0.2, -0.15) is 0 Å². The van der Waals surface area contributed by atoms with Gasteiger partial charge in [0.2, 0.25) is 0 Å². The molecule has 1 aromatic rings. The van der Waals surface area contributed by atoms with Crippen molar-refractivity contribution in [3.63, 3.8) is 0 Å². The molecule has 0 saturated carbocycles. The summed E-state index contributed by atoms with van der Waals surface area (Å²) in [5, 5.41) is 1.81. The zero-order valence-electron chi connectivity index (χ0n) is 11.8. The second-order valence-electron chi connectivity index (χ2n) is 6.16. The number of nitrogens with two attached hydrogens (primary N) is 1. The van der Waals surface area contributed by atoms with Gasteiger partial charge in [0.15, 0.2) is 0 Å². The molecule has 1 rings (SSSR count). The van der Waals surface area contributed by atoms with Gasteiger partial charge in [0.25, 0.3) is 0 Å². The molecule has 0 spiro atoms. The lowest BCUT2D eigenvalue weighted by molar-refractivity contribution is 0.729. The summed E-state index contributed by atoms with van der Waals surface area (Å²) in [5.74, 6) is 0. The van der Waals surface area contributed by atoms with Crippen LogP contribution >= 0.6 is 0 Å². The molecule has 0 atom stereocenters. The van der Waals surface area contributed by atoms with Gasteiger partial charge in [-0.05, 0) is 16.2 Å². The highest BCUT2D eigenvalue weighted by atomic mass is 28.3. The Morgan fingerprint density at radius 3 is 2.29 bits per heavy atom. The summed E-state index contributed by atoms with van der Waals surface area (Å²) in [6.07, 6.45) is 1.92. The van der Waals surface area contributed by atoms with E-state index in [1.54, 1.807) is 0 Å². The maximum atomic E-state index is 5.94. The second-order valence-corrected chi connectivity index (χ2v) is 11.4. The smallest absolute Gasteiger partial charge is 0.0863 e. The molecule has 0 aliphatic heterocycles.